The Morgan fingerprint density at radius 3 is 2.85 bits per heavy atom. The van der Waals surface area contributed by atoms with E-state index in [4.69, 9.17) is 10.7 Å². The summed E-state index contributed by atoms with van der Waals surface area (Å²) in [5.74, 6) is 4.03. The van der Waals surface area contributed by atoms with Crippen molar-refractivity contribution in [2.75, 3.05) is 47.9 Å². The highest BCUT2D eigenvalue weighted by molar-refractivity contribution is 7.99. The van der Waals surface area contributed by atoms with Crippen LogP contribution in [-0.4, -0.2) is 57.3 Å². The third-order valence-electron chi connectivity index (χ3n) is 4.77. The first kappa shape index (κ1) is 17.4. The smallest absolute Gasteiger partial charge is 0.204 e. The Morgan fingerprint density at radius 2 is 2.04 bits per heavy atom. The van der Waals surface area contributed by atoms with Gasteiger partial charge >= 0.3 is 0 Å². The van der Waals surface area contributed by atoms with Gasteiger partial charge in [-0.15, -0.1) is 10.2 Å². The summed E-state index contributed by atoms with van der Waals surface area (Å²) in [5, 5.41) is 12.0. The Labute approximate surface area is 157 Å². The molecule has 0 unspecified atom stereocenters. The van der Waals surface area contributed by atoms with Crippen molar-refractivity contribution in [1.29, 1.82) is 0 Å². The first-order valence-corrected chi connectivity index (χ1v) is 10.4. The lowest BCUT2D eigenvalue weighted by atomic mass is 10.2. The van der Waals surface area contributed by atoms with Gasteiger partial charge in [0.15, 0.2) is 5.82 Å². The standard InChI is InChI=1S/C18H25N7S/c1-13-22-23-18-17(20-7-3-2-6-19)21-15-12-14(4-5-16(15)25(13)18)24-8-10-26-11-9-24/h4-5,12H,2-3,6-11,19H2,1H3,(H,20,21). The molecule has 3 heterocycles. The molecule has 7 nitrogen and oxygen atoms in total. The van der Waals surface area contributed by atoms with Crippen LogP contribution >= 0.6 is 11.8 Å². The molecule has 3 aromatic rings. The predicted octanol–water partition coefficient (Wildman–Crippen LogP) is 2.29. The number of benzene rings is 1. The topological polar surface area (TPSA) is 84.4 Å². The highest BCUT2D eigenvalue weighted by Crippen LogP contribution is 2.27. The summed E-state index contributed by atoms with van der Waals surface area (Å²) in [6, 6.07) is 6.52. The molecule has 1 fully saturated rings. The number of aromatic nitrogens is 4. The van der Waals surface area contributed by atoms with Crippen LogP contribution in [0.25, 0.3) is 16.7 Å². The summed E-state index contributed by atoms with van der Waals surface area (Å²) in [6.45, 7) is 5.71. The molecule has 0 aliphatic carbocycles. The molecule has 1 aliphatic rings. The van der Waals surface area contributed by atoms with E-state index < -0.39 is 0 Å². The Morgan fingerprint density at radius 1 is 1.19 bits per heavy atom. The van der Waals surface area contributed by atoms with Gasteiger partial charge in [0.1, 0.15) is 5.82 Å². The third kappa shape index (κ3) is 3.31. The number of hydrogen-bond donors (Lipinski definition) is 2. The summed E-state index contributed by atoms with van der Waals surface area (Å²) in [6.07, 6.45) is 2.01. The van der Waals surface area contributed by atoms with Crippen LogP contribution in [-0.2, 0) is 0 Å². The number of anilines is 2. The number of nitrogens with one attached hydrogen (secondary N) is 1. The van der Waals surface area contributed by atoms with E-state index in [2.05, 4.69) is 43.0 Å². The second-order valence-corrected chi connectivity index (χ2v) is 7.79. The van der Waals surface area contributed by atoms with Gasteiger partial charge in [-0.3, -0.25) is 4.40 Å². The van der Waals surface area contributed by atoms with Crippen molar-refractivity contribution in [1.82, 2.24) is 19.6 Å². The summed E-state index contributed by atoms with van der Waals surface area (Å²) < 4.78 is 2.09. The van der Waals surface area contributed by atoms with Gasteiger partial charge in [0.05, 0.1) is 11.0 Å². The van der Waals surface area contributed by atoms with Crippen LogP contribution in [0, 0.1) is 6.92 Å². The van der Waals surface area contributed by atoms with Crippen LogP contribution < -0.4 is 16.0 Å². The number of rotatable bonds is 6. The molecular weight excluding hydrogens is 346 g/mol. The quantitative estimate of drug-likeness (QED) is 0.643. The van der Waals surface area contributed by atoms with E-state index in [-0.39, 0.29) is 0 Å². The molecule has 138 valence electrons. The lowest BCUT2D eigenvalue weighted by Gasteiger charge is -2.28. The minimum Gasteiger partial charge on any atom is -0.370 e. The van der Waals surface area contributed by atoms with E-state index in [0.29, 0.717) is 6.54 Å². The van der Waals surface area contributed by atoms with Crippen molar-refractivity contribution < 1.29 is 0 Å². The monoisotopic (exact) mass is 371 g/mol. The second kappa shape index (κ2) is 7.67. The van der Waals surface area contributed by atoms with Crippen LogP contribution in [0.2, 0.25) is 0 Å². The van der Waals surface area contributed by atoms with Gasteiger partial charge in [0, 0.05) is 36.8 Å². The summed E-state index contributed by atoms with van der Waals surface area (Å²) in [5.41, 5.74) is 9.63. The van der Waals surface area contributed by atoms with Gasteiger partial charge in [0.2, 0.25) is 5.65 Å². The molecule has 0 amide bonds. The van der Waals surface area contributed by atoms with E-state index in [1.807, 2.05) is 18.7 Å². The fourth-order valence-electron chi connectivity index (χ4n) is 3.38. The predicted molar refractivity (Wildman–Crippen MR) is 109 cm³/mol. The minimum atomic E-state index is 0.712. The van der Waals surface area contributed by atoms with Gasteiger partial charge in [-0.25, -0.2) is 4.98 Å². The number of nitrogens with zero attached hydrogens (tertiary/aromatic N) is 5. The van der Waals surface area contributed by atoms with Gasteiger partial charge < -0.3 is 16.0 Å². The molecule has 0 atom stereocenters. The molecule has 1 aliphatic heterocycles. The zero-order chi connectivity index (χ0) is 17.9. The van der Waals surface area contributed by atoms with Crippen molar-refractivity contribution in [2.45, 2.75) is 19.8 Å². The van der Waals surface area contributed by atoms with Crippen LogP contribution in [0.4, 0.5) is 11.5 Å². The molecule has 26 heavy (non-hydrogen) atoms. The number of fused-ring (bicyclic) bond motifs is 3. The Balaban J connectivity index is 1.74. The van der Waals surface area contributed by atoms with Crippen LogP contribution in [0.1, 0.15) is 18.7 Å². The molecular formula is C18H25N7S. The largest absolute Gasteiger partial charge is 0.370 e. The molecule has 4 rings (SSSR count). The van der Waals surface area contributed by atoms with Gasteiger partial charge in [-0.1, -0.05) is 0 Å². The van der Waals surface area contributed by atoms with Crippen LogP contribution in [0.5, 0.6) is 0 Å². The number of unbranched alkanes of at least 4 members (excludes halogenated alkanes) is 1. The molecule has 0 spiro atoms. The van der Waals surface area contributed by atoms with Crippen molar-refractivity contribution in [3.8, 4) is 0 Å². The average molecular weight is 372 g/mol. The summed E-state index contributed by atoms with van der Waals surface area (Å²) >= 11 is 2.02. The molecule has 0 bridgehead atoms. The lowest BCUT2D eigenvalue weighted by molar-refractivity contribution is 0.772. The fourth-order valence-corrected chi connectivity index (χ4v) is 4.28. The van der Waals surface area contributed by atoms with Crippen LogP contribution in [0.15, 0.2) is 18.2 Å². The molecule has 1 aromatic carbocycles. The molecule has 2 aromatic heterocycles. The highest BCUT2D eigenvalue weighted by Gasteiger charge is 2.16. The molecule has 1 saturated heterocycles. The zero-order valence-corrected chi connectivity index (χ0v) is 15.9. The van der Waals surface area contributed by atoms with Crippen molar-refractivity contribution in [2.24, 2.45) is 5.73 Å². The van der Waals surface area contributed by atoms with Gasteiger partial charge in [-0.05, 0) is 44.5 Å². The maximum atomic E-state index is 5.59. The minimum absolute atomic E-state index is 0.712. The van der Waals surface area contributed by atoms with E-state index in [1.54, 1.807) is 0 Å². The van der Waals surface area contributed by atoms with Gasteiger partial charge in [-0.2, -0.15) is 11.8 Å². The first-order chi connectivity index (χ1) is 12.8. The SMILES string of the molecule is Cc1nnc2c(NCCCCN)nc3cc(N4CCSCC4)ccc3n12. The third-order valence-corrected chi connectivity index (χ3v) is 5.71. The number of thioether (sulfide) groups is 1. The first-order valence-electron chi connectivity index (χ1n) is 9.20. The normalized spacial score (nSPS) is 15.1. The van der Waals surface area contributed by atoms with E-state index in [1.165, 1.54) is 17.2 Å². The van der Waals surface area contributed by atoms with Crippen LogP contribution in [0.3, 0.4) is 0 Å². The highest BCUT2D eigenvalue weighted by atomic mass is 32.2. The molecule has 0 saturated carbocycles. The number of nitrogens with two attached hydrogens (primary N) is 1. The van der Waals surface area contributed by atoms with E-state index >= 15 is 0 Å². The maximum absolute atomic E-state index is 5.59. The van der Waals surface area contributed by atoms with Crippen molar-refractivity contribution in [3.05, 3.63) is 24.0 Å². The van der Waals surface area contributed by atoms with E-state index in [0.717, 1.165) is 60.8 Å². The number of hydrogen-bond acceptors (Lipinski definition) is 7. The fraction of sp³-hybridized carbons (Fsp3) is 0.500. The van der Waals surface area contributed by atoms with E-state index in [9.17, 15) is 0 Å². The zero-order valence-electron chi connectivity index (χ0n) is 15.1. The Hall–Kier alpha value is -2.06. The average Bonchev–Trinajstić information content (AvgIpc) is 3.07. The Bertz CT molecular complexity index is 901. The lowest BCUT2D eigenvalue weighted by Crippen LogP contribution is -2.32. The summed E-state index contributed by atoms with van der Waals surface area (Å²) in [4.78, 5) is 7.31. The Kier molecular flexibility index (Phi) is 5.12. The van der Waals surface area contributed by atoms with Crippen molar-refractivity contribution in [3.63, 3.8) is 0 Å². The second-order valence-electron chi connectivity index (χ2n) is 6.56. The maximum Gasteiger partial charge on any atom is 0.204 e. The molecule has 0 radical (unpaired) electrons. The number of aryl methyl sites for hydroxylation is 1. The summed E-state index contributed by atoms with van der Waals surface area (Å²) in [7, 11) is 0. The molecule has 3 N–H and O–H groups in total. The van der Waals surface area contributed by atoms with Crippen molar-refractivity contribution >= 4 is 39.9 Å². The van der Waals surface area contributed by atoms with Gasteiger partial charge in [0.25, 0.3) is 0 Å². The molecule has 8 heteroatoms.